The van der Waals surface area contributed by atoms with E-state index in [0.29, 0.717) is 36.8 Å². The van der Waals surface area contributed by atoms with E-state index in [-0.39, 0.29) is 23.8 Å². The predicted molar refractivity (Wildman–Crippen MR) is 101 cm³/mol. The normalized spacial score (nSPS) is 17.0. The zero-order valence-corrected chi connectivity index (χ0v) is 16.0. The highest BCUT2D eigenvalue weighted by Crippen LogP contribution is 2.30. The number of nitrogens with zero attached hydrogens (tertiary/aromatic N) is 1. The maximum Gasteiger partial charge on any atom is 0.321 e. The first-order valence-electron chi connectivity index (χ1n) is 9.00. The van der Waals surface area contributed by atoms with Gasteiger partial charge in [0.25, 0.3) is 0 Å². The highest BCUT2D eigenvalue weighted by Gasteiger charge is 2.24. The fourth-order valence-electron chi connectivity index (χ4n) is 2.98. The molecule has 0 saturated carbocycles. The van der Waals surface area contributed by atoms with Gasteiger partial charge in [0.05, 0.1) is 14.2 Å². The molecule has 144 valence electrons. The standard InChI is InChI=1S/C19H29N3O4/c1-13(2)18(23)20-11-14-6-5-9-22(12-14)19(24)21-15-7-8-16(25-3)17(10-15)26-4/h7-8,10,13-14H,5-6,9,11-12H2,1-4H3,(H,20,23)(H,21,24). The molecule has 7 nitrogen and oxygen atoms in total. The average molecular weight is 363 g/mol. The number of carbonyl (C=O) groups is 2. The SMILES string of the molecule is COc1ccc(NC(=O)N2CCCC(CNC(=O)C(C)C)C2)cc1OC. The Hall–Kier alpha value is -2.44. The van der Waals surface area contributed by atoms with Crippen LogP contribution in [0.5, 0.6) is 11.5 Å². The van der Waals surface area contributed by atoms with E-state index < -0.39 is 0 Å². The summed E-state index contributed by atoms with van der Waals surface area (Å²) in [6.07, 6.45) is 1.94. The van der Waals surface area contributed by atoms with E-state index in [9.17, 15) is 9.59 Å². The van der Waals surface area contributed by atoms with E-state index in [1.807, 2.05) is 13.8 Å². The number of benzene rings is 1. The summed E-state index contributed by atoms with van der Waals surface area (Å²) in [6.45, 7) is 5.71. The van der Waals surface area contributed by atoms with Crippen LogP contribution in [0.1, 0.15) is 26.7 Å². The molecule has 1 aliphatic rings. The van der Waals surface area contributed by atoms with E-state index in [1.54, 1.807) is 37.3 Å². The van der Waals surface area contributed by atoms with Gasteiger partial charge in [0, 0.05) is 37.3 Å². The number of hydrogen-bond acceptors (Lipinski definition) is 4. The summed E-state index contributed by atoms with van der Waals surface area (Å²) in [5, 5.41) is 5.87. The molecule has 1 aromatic rings. The highest BCUT2D eigenvalue weighted by molar-refractivity contribution is 5.89. The smallest absolute Gasteiger partial charge is 0.321 e. The van der Waals surface area contributed by atoms with Crippen LogP contribution in [0.2, 0.25) is 0 Å². The number of likely N-dealkylation sites (tertiary alicyclic amines) is 1. The molecule has 0 spiro atoms. The van der Waals surface area contributed by atoms with Gasteiger partial charge in [0.2, 0.25) is 5.91 Å². The van der Waals surface area contributed by atoms with Crippen LogP contribution in [0.3, 0.4) is 0 Å². The lowest BCUT2D eigenvalue weighted by Gasteiger charge is -2.33. The van der Waals surface area contributed by atoms with E-state index in [1.165, 1.54) is 0 Å². The van der Waals surface area contributed by atoms with Crippen LogP contribution in [-0.4, -0.2) is 50.7 Å². The molecule has 1 saturated heterocycles. The zero-order chi connectivity index (χ0) is 19.1. The van der Waals surface area contributed by atoms with Crippen molar-refractivity contribution in [1.82, 2.24) is 10.2 Å². The molecule has 1 aliphatic heterocycles. The number of anilines is 1. The van der Waals surface area contributed by atoms with Crippen LogP contribution in [0.15, 0.2) is 18.2 Å². The Morgan fingerprint density at radius 1 is 1.23 bits per heavy atom. The molecular formula is C19H29N3O4. The van der Waals surface area contributed by atoms with Gasteiger partial charge in [-0.25, -0.2) is 4.79 Å². The van der Waals surface area contributed by atoms with Gasteiger partial charge >= 0.3 is 6.03 Å². The molecule has 7 heteroatoms. The third kappa shape index (κ3) is 5.28. The van der Waals surface area contributed by atoms with Crippen molar-refractivity contribution in [3.05, 3.63) is 18.2 Å². The van der Waals surface area contributed by atoms with Crippen molar-refractivity contribution in [3.8, 4) is 11.5 Å². The second-order valence-corrected chi connectivity index (χ2v) is 6.85. The fraction of sp³-hybridized carbons (Fsp3) is 0.579. The lowest BCUT2D eigenvalue weighted by molar-refractivity contribution is -0.124. The third-order valence-electron chi connectivity index (χ3n) is 4.53. The van der Waals surface area contributed by atoms with Crippen LogP contribution in [0.4, 0.5) is 10.5 Å². The van der Waals surface area contributed by atoms with Crippen LogP contribution >= 0.6 is 0 Å². The molecule has 1 heterocycles. The number of piperidine rings is 1. The number of hydrogen-bond donors (Lipinski definition) is 2. The molecule has 1 atom stereocenters. The lowest BCUT2D eigenvalue weighted by atomic mass is 9.98. The largest absolute Gasteiger partial charge is 0.493 e. The number of rotatable bonds is 6. The van der Waals surface area contributed by atoms with E-state index in [2.05, 4.69) is 10.6 Å². The first-order chi connectivity index (χ1) is 12.4. The molecule has 1 aromatic carbocycles. The molecule has 3 amide bonds. The van der Waals surface area contributed by atoms with Crippen molar-refractivity contribution in [2.45, 2.75) is 26.7 Å². The second-order valence-electron chi connectivity index (χ2n) is 6.85. The van der Waals surface area contributed by atoms with Crippen molar-refractivity contribution < 1.29 is 19.1 Å². The molecule has 2 rings (SSSR count). The number of nitrogens with one attached hydrogen (secondary N) is 2. The Kier molecular flexibility index (Phi) is 7.12. The molecule has 1 unspecified atom stereocenters. The summed E-state index contributed by atoms with van der Waals surface area (Å²) in [5.41, 5.74) is 0.655. The van der Waals surface area contributed by atoms with Crippen molar-refractivity contribution in [3.63, 3.8) is 0 Å². The maximum absolute atomic E-state index is 12.6. The predicted octanol–water partition coefficient (Wildman–Crippen LogP) is 2.72. The van der Waals surface area contributed by atoms with Crippen LogP contribution < -0.4 is 20.1 Å². The quantitative estimate of drug-likeness (QED) is 0.814. The Bertz CT molecular complexity index is 633. The van der Waals surface area contributed by atoms with Crippen LogP contribution in [0.25, 0.3) is 0 Å². The Morgan fingerprint density at radius 2 is 1.96 bits per heavy atom. The van der Waals surface area contributed by atoms with Crippen molar-refractivity contribution in [2.24, 2.45) is 11.8 Å². The van der Waals surface area contributed by atoms with Gasteiger partial charge < -0.3 is 25.0 Å². The molecular weight excluding hydrogens is 334 g/mol. The van der Waals surface area contributed by atoms with Gasteiger partial charge in [-0.2, -0.15) is 0 Å². The lowest BCUT2D eigenvalue weighted by Crippen LogP contribution is -2.45. The third-order valence-corrected chi connectivity index (χ3v) is 4.53. The van der Waals surface area contributed by atoms with Gasteiger partial charge in [0.1, 0.15) is 0 Å². The number of methoxy groups -OCH3 is 2. The van der Waals surface area contributed by atoms with E-state index in [0.717, 1.165) is 12.8 Å². The molecule has 0 aliphatic carbocycles. The van der Waals surface area contributed by atoms with Gasteiger partial charge in [0.15, 0.2) is 11.5 Å². The summed E-state index contributed by atoms with van der Waals surface area (Å²) in [5.74, 6) is 1.49. The molecule has 0 bridgehead atoms. The monoisotopic (exact) mass is 363 g/mol. The minimum absolute atomic E-state index is 0.0250. The van der Waals surface area contributed by atoms with Crippen LogP contribution in [-0.2, 0) is 4.79 Å². The molecule has 2 N–H and O–H groups in total. The second kappa shape index (κ2) is 9.31. The molecule has 0 aromatic heterocycles. The van der Waals surface area contributed by atoms with Gasteiger partial charge in [-0.1, -0.05) is 13.8 Å². The minimum atomic E-state index is -0.142. The molecule has 26 heavy (non-hydrogen) atoms. The zero-order valence-electron chi connectivity index (χ0n) is 16.0. The Balaban J connectivity index is 1.91. The average Bonchev–Trinajstić information content (AvgIpc) is 2.65. The number of ether oxygens (including phenoxy) is 2. The first kappa shape index (κ1) is 19.9. The van der Waals surface area contributed by atoms with Crippen molar-refractivity contribution in [2.75, 3.05) is 39.2 Å². The maximum atomic E-state index is 12.6. The topological polar surface area (TPSA) is 79.9 Å². The summed E-state index contributed by atoms with van der Waals surface area (Å²) < 4.78 is 10.5. The summed E-state index contributed by atoms with van der Waals surface area (Å²) in [6, 6.07) is 5.14. The van der Waals surface area contributed by atoms with E-state index in [4.69, 9.17) is 9.47 Å². The van der Waals surface area contributed by atoms with Gasteiger partial charge in [-0.3, -0.25) is 4.79 Å². The fourth-order valence-corrected chi connectivity index (χ4v) is 2.98. The Morgan fingerprint density at radius 3 is 2.62 bits per heavy atom. The first-order valence-corrected chi connectivity index (χ1v) is 9.00. The number of amides is 3. The van der Waals surface area contributed by atoms with Gasteiger partial charge in [-0.15, -0.1) is 0 Å². The highest BCUT2D eigenvalue weighted by atomic mass is 16.5. The van der Waals surface area contributed by atoms with Crippen molar-refractivity contribution >= 4 is 17.6 Å². The summed E-state index contributed by atoms with van der Waals surface area (Å²) in [7, 11) is 3.13. The van der Waals surface area contributed by atoms with E-state index >= 15 is 0 Å². The molecule has 1 fully saturated rings. The van der Waals surface area contributed by atoms with Gasteiger partial charge in [-0.05, 0) is 30.9 Å². The van der Waals surface area contributed by atoms with Crippen molar-refractivity contribution in [1.29, 1.82) is 0 Å². The Labute approximate surface area is 155 Å². The van der Waals surface area contributed by atoms with Crippen LogP contribution in [0, 0.1) is 11.8 Å². The number of urea groups is 1. The number of carbonyl (C=O) groups excluding carboxylic acids is 2. The summed E-state index contributed by atoms with van der Waals surface area (Å²) >= 11 is 0. The minimum Gasteiger partial charge on any atom is -0.493 e. The summed E-state index contributed by atoms with van der Waals surface area (Å²) in [4.78, 5) is 26.1. The molecule has 0 radical (unpaired) electrons.